The van der Waals surface area contributed by atoms with E-state index in [-0.39, 0.29) is 12.2 Å². The molecule has 138 valence electrons. The normalized spacial score (nSPS) is 10.6. The second-order valence-electron chi connectivity index (χ2n) is 6.00. The fourth-order valence-corrected chi connectivity index (χ4v) is 2.49. The van der Waals surface area contributed by atoms with E-state index in [1.54, 1.807) is 13.0 Å². The number of hydrogen-bond donors (Lipinski definition) is 1. The van der Waals surface area contributed by atoms with Crippen molar-refractivity contribution in [3.63, 3.8) is 0 Å². The molecule has 1 amide bonds. The second kappa shape index (κ2) is 7.73. The number of aryl methyl sites for hydroxylation is 2. The van der Waals surface area contributed by atoms with Gasteiger partial charge < -0.3 is 5.32 Å². The van der Waals surface area contributed by atoms with Gasteiger partial charge in [-0.05, 0) is 29.7 Å². The minimum atomic E-state index is -0.510. The summed E-state index contributed by atoms with van der Waals surface area (Å²) in [6, 6.07) is 12.1. The van der Waals surface area contributed by atoms with Gasteiger partial charge in [-0.2, -0.15) is 4.80 Å². The van der Waals surface area contributed by atoms with Crippen molar-refractivity contribution in [1.82, 2.24) is 20.2 Å². The van der Waals surface area contributed by atoms with Crippen molar-refractivity contribution >= 4 is 17.3 Å². The minimum absolute atomic E-state index is 0.0902. The molecule has 0 atom stereocenters. The molecular weight excluding hydrogens is 348 g/mol. The van der Waals surface area contributed by atoms with Crippen molar-refractivity contribution in [3.8, 4) is 11.4 Å². The quantitative estimate of drug-likeness (QED) is 0.530. The van der Waals surface area contributed by atoms with Gasteiger partial charge in [0.2, 0.25) is 11.7 Å². The van der Waals surface area contributed by atoms with Gasteiger partial charge in [-0.3, -0.25) is 14.9 Å². The average molecular weight is 366 g/mol. The Hall–Kier alpha value is -3.62. The molecule has 0 saturated heterocycles. The molecule has 3 aromatic rings. The number of hydrogen-bond acceptors (Lipinski definition) is 6. The molecule has 0 radical (unpaired) electrons. The molecular formula is C18H18N6O3. The summed E-state index contributed by atoms with van der Waals surface area (Å²) >= 11 is 0. The van der Waals surface area contributed by atoms with E-state index < -0.39 is 10.8 Å². The third kappa shape index (κ3) is 4.32. The molecule has 0 spiro atoms. The molecule has 0 aliphatic heterocycles. The van der Waals surface area contributed by atoms with E-state index >= 15 is 0 Å². The van der Waals surface area contributed by atoms with Crippen LogP contribution >= 0.6 is 0 Å². The maximum absolute atomic E-state index is 12.2. The molecule has 3 rings (SSSR count). The van der Waals surface area contributed by atoms with E-state index in [0.29, 0.717) is 11.5 Å². The number of aromatic nitrogens is 4. The van der Waals surface area contributed by atoms with Gasteiger partial charge in [-0.1, -0.05) is 37.3 Å². The Kier molecular flexibility index (Phi) is 5.20. The summed E-state index contributed by atoms with van der Waals surface area (Å²) in [5.74, 6) is 0.0286. The summed E-state index contributed by atoms with van der Waals surface area (Å²) in [4.78, 5) is 23.8. The predicted molar refractivity (Wildman–Crippen MR) is 99.1 cm³/mol. The lowest BCUT2D eigenvalue weighted by molar-refractivity contribution is -0.384. The van der Waals surface area contributed by atoms with Gasteiger partial charge in [-0.25, -0.2) is 0 Å². The predicted octanol–water partition coefficient (Wildman–Crippen LogP) is 2.76. The number of nitro benzene ring substituents is 1. The van der Waals surface area contributed by atoms with Crippen LogP contribution in [0.4, 0.5) is 11.4 Å². The molecule has 0 aliphatic rings. The zero-order valence-corrected chi connectivity index (χ0v) is 14.9. The summed E-state index contributed by atoms with van der Waals surface area (Å²) < 4.78 is 0. The van der Waals surface area contributed by atoms with Crippen molar-refractivity contribution < 1.29 is 9.72 Å². The van der Waals surface area contributed by atoms with Crippen LogP contribution in [-0.4, -0.2) is 31.0 Å². The van der Waals surface area contributed by atoms with Crippen molar-refractivity contribution in [2.24, 2.45) is 0 Å². The topological polar surface area (TPSA) is 116 Å². The number of tetrazole rings is 1. The Balaban J connectivity index is 1.69. The van der Waals surface area contributed by atoms with Crippen molar-refractivity contribution in [2.45, 2.75) is 26.8 Å². The first-order chi connectivity index (χ1) is 13.0. The molecule has 9 nitrogen and oxygen atoms in total. The number of carbonyl (C=O) groups is 1. The molecule has 0 unspecified atom stereocenters. The first kappa shape index (κ1) is 18.2. The van der Waals surface area contributed by atoms with Gasteiger partial charge in [0.1, 0.15) is 6.54 Å². The van der Waals surface area contributed by atoms with Crippen LogP contribution in [0.1, 0.15) is 18.1 Å². The van der Waals surface area contributed by atoms with Gasteiger partial charge in [0.25, 0.3) is 5.69 Å². The van der Waals surface area contributed by atoms with Crippen LogP contribution in [0.25, 0.3) is 11.4 Å². The largest absolute Gasteiger partial charge is 0.324 e. The summed E-state index contributed by atoms with van der Waals surface area (Å²) in [5.41, 5.74) is 3.03. The summed E-state index contributed by atoms with van der Waals surface area (Å²) in [5, 5.41) is 25.6. The summed E-state index contributed by atoms with van der Waals surface area (Å²) in [6.45, 7) is 3.68. The maximum Gasteiger partial charge on any atom is 0.271 e. The molecule has 0 fully saturated rings. The number of non-ortho nitro benzene ring substituents is 1. The average Bonchev–Trinajstić information content (AvgIpc) is 3.11. The molecule has 0 aliphatic carbocycles. The molecule has 27 heavy (non-hydrogen) atoms. The fraction of sp³-hybridized carbons (Fsp3) is 0.222. The number of anilines is 1. The SMILES string of the molecule is CCc1ccc(-c2nnn(CC(=O)Nc3cc([N+](=O)[O-])ccc3C)n2)cc1. The van der Waals surface area contributed by atoms with E-state index in [4.69, 9.17) is 0 Å². The summed E-state index contributed by atoms with van der Waals surface area (Å²) in [7, 11) is 0. The summed E-state index contributed by atoms with van der Waals surface area (Å²) in [6.07, 6.45) is 0.942. The molecule has 0 saturated carbocycles. The highest BCUT2D eigenvalue weighted by molar-refractivity contribution is 5.91. The third-order valence-corrected chi connectivity index (χ3v) is 4.06. The van der Waals surface area contributed by atoms with Crippen LogP contribution in [-0.2, 0) is 17.8 Å². The maximum atomic E-state index is 12.2. The Morgan fingerprint density at radius 3 is 2.63 bits per heavy atom. The number of nitrogens with one attached hydrogen (secondary N) is 1. The zero-order chi connectivity index (χ0) is 19.4. The molecule has 1 aromatic heterocycles. The fourth-order valence-electron chi connectivity index (χ4n) is 2.49. The number of nitro groups is 1. The van der Waals surface area contributed by atoms with E-state index in [9.17, 15) is 14.9 Å². The zero-order valence-electron chi connectivity index (χ0n) is 14.9. The highest BCUT2D eigenvalue weighted by atomic mass is 16.6. The second-order valence-corrected chi connectivity index (χ2v) is 6.00. The molecule has 1 heterocycles. The van der Waals surface area contributed by atoms with Gasteiger partial charge >= 0.3 is 0 Å². The smallest absolute Gasteiger partial charge is 0.271 e. The van der Waals surface area contributed by atoms with Gasteiger partial charge in [0.15, 0.2) is 0 Å². The minimum Gasteiger partial charge on any atom is -0.324 e. The number of carbonyl (C=O) groups excluding carboxylic acids is 1. The molecule has 0 bridgehead atoms. The number of amides is 1. The first-order valence-electron chi connectivity index (χ1n) is 8.38. The van der Waals surface area contributed by atoms with Gasteiger partial charge in [0, 0.05) is 17.7 Å². The first-order valence-corrected chi connectivity index (χ1v) is 8.38. The van der Waals surface area contributed by atoms with Gasteiger partial charge in [-0.15, -0.1) is 10.2 Å². The Morgan fingerprint density at radius 1 is 1.22 bits per heavy atom. The molecule has 2 aromatic carbocycles. The lowest BCUT2D eigenvalue weighted by Gasteiger charge is -2.07. The molecule has 9 heteroatoms. The highest BCUT2D eigenvalue weighted by Crippen LogP contribution is 2.22. The van der Waals surface area contributed by atoms with E-state index in [1.807, 2.05) is 24.3 Å². The van der Waals surface area contributed by atoms with Crippen LogP contribution in [0.2, 0.25) is 0 Å². The van der Waals surface area contributed by atoms with E-state index in [1.165, 1.54) is 22.5 Å². The van der Waals surface area contributed by atoms with Crippen molar-refractivity contribution in [2.75, 3.05) is 5.32 Å². The number of nitrogens with zero attached hydrogens (tertiary/aromatic N) is 5. The van der Waals surface area contributed by atoms with Crippen LogP contribution in [0, 0.1) is 17.0 Å². The van der Waals surface area contributed by atoms with Crippen LogP contribution in [0.15, 0.2) is 42.5 Å². The van der Waals surface area contributed by atoms with E-state index in [0.717, 1.165) is 17.5 Å². The van der Waals surface area contributed by atoms with Crippen LogP contribution in [0.3, 0.4) is 0 Å². The monoisotopic (exact) mass is 366 g/mol. The van der Waals surface area contributed by atoms with E-state index in [2.05, 4.69) is 27.7 Å². The number of benzene rings is 2. The Labute approximate surface area is 155 Å². The standard InChI is InChI=1S/C18H18N6O3/c1-3-13-5-7-14(8-6-13)18-20-22-23(21-18)11-17(25)19-16-10-15(24(26)27)9-4-12(16)2/h4-10H,3,11H2,1-2H3,(H,19,25). The Bertz CT molecular complexity index is 981. The third-order valence-electron chi connectivity index (χ3n) is 4.06. The van der Waals surface area contributed by atoms with Gasteiger partial charge in [0.05, 0.1) is 10.6 Å². The van der Waals surface area contributed by atoms with Crippen molar-refractivity contribution in [1.29, 1.82) is 0 Å². The van der Waals surface area contributed by atoms with Crippen LogP contribution in [0.5, 0.6) is 0 Å². The van der Waals surface area contributed by atoms with Crippen LogP contribution < -0.4 is 5.32 Å². The lowest BCUT2D eigenvalue weighted by Crippen LogP contribution is -2.21. The molecule has 1 N–H and O–H groups in total. The Morgan fingerprint density at radius 2 is 1.96 bits per heavy atom. The highest BCUT2D eigenvalue weighted by Gasteiger charge is 2.13. The lowest BCUT2D eigenvalue weighted by atomic mass is 10.1. The number of rotatable bonds is 6. The van der Waals surface area contributed by atoms with Crippen molar-refractivity contribution in [3.05, 3.63) is 63.7 Å².